The molecule has 0 spiro atoms. The molecule has 0 amide bonds. The summed E-state index contributed by atoms with van der Waals surface area (Å²) in [6.45, 7) is 7.07. The first-order valence-electron chi connectivity index (χ1n) is 7.35. The maximum absolute atomic E-state index is 4.91. The van der Waals surface area contributed by atoms with E-state index in [1.807, 2.05) is 0 Å². The van der Waals surface area contributed by atoms with E-state index in [1.165, 1.54) is 49.0 Å². The zero-order valence-corrected chi connectivity index (χ0v) is 11.7. The van der Waals surface area contributed by atoms with E-state index in [2.05, 4.69) is 42.3 Å². The first kappa shape index (κ1) is 12.5. The molecule has 1 saturated carbocycles. The highest BCUT2D eigenvalue weighted by atomic mass is 15.1. The quantitative estimate of drug-likeness (QED) is 0.728. The third-order valence-corrected chi connectivity index (χ3v) is 4.08. The number of imidazole rings is 1. The van der Waals surface area contributed by atoms with E-state index in [4.69, 9.17) is 4.98 Å². The van der Waals surface area contributed by atoms with Gasteiger partial charge in [0.2, 0.25) is 0 Å². The van der Waals surface area contributed by atoms with E-state index in [0.717, 1.165) is 12.1 Å². The standard InChI is InChI=1S/C17H22N2/c1-13(2)12-19-16-11-7-6-10-15(16)18-17(19)14-8-4-3-5-9-14/h6-7,10-11,14H,1,3-5,8-9,12H2,2H3. The Morgan fingerprint density at radius 2 is 2.00 bits per heavy atom. The van der Waals surface area contributed by atoms with Gasteiger partial charge in [0, 0.05) is 12.5 Å². The molecule has 0 N–H and O–H groups in total. The number of aromatic nitrogens is 2. The lowest BCUT2D eigenvalue weighted by Gasteiger charge is -2.22. The van der Waals surface area contributed by atoms with Crippen molar-refractivity contribution in [2.24, 2.45) is 0 Å². The molecule has 0 saturated heterocycles. The summed E-state index contributed by atoms with van der Waals surface area (Å²) in [4.78, 5) is 4.91. The molecule has 1 heterocycles. The van der Waals surface area contributed by atoms with Gasteiger partial charge in [-0.05, 0) is 31.9 Å². The molecule has 0 bridgehead atoms. The molecule has 1 aromatic heterocycles. The van der Waals surface area contributed by atoms with Gasteiger partial charge in [0.15, 0.2) is 0 Å². The van der Waals surface area contributed by atoms with Crippen LogP contribution in [0.2, 0.25) is 0 Å². The lowest BCUT2D eigenvalue weighted by atomic mass is 9.88. The first-order chi connectivity index (χ1) is 9.25. The van der Waals surface area contributed by atoms with Crippen LogP contribution < -0.4 is 0 Å². The molecular weight excluding hydrogens is 232 g/mol. The molecule has 2 heteroatoms. The van der Waals surface area contributed by atoms with E-state index in [9.17, 15) is 0 Å². The number of para-hydroxylation sites is 2. The van der Waals surface area contributed by atoms with Crippen molar-refractivity contribution in [1.82, 2.24) is 9.55 Å². The molecule has 0 aliphatic heterocycles. The highest BCUT2D eigenvalue weighted by Gasteiger charge is 2.22. The topological polar surface area (TPSA) is 17.8 Å². The molecule has 0 unspecified atom stereocenters. The van der Waals surface area contributed by atoms with Crippen molar-refractivity contribution >= 4 is 11.0 Å². The minimum atomic E-state index is 0.639. The highest BCUT2D eigenvalue weighted by Crippen LogP contribution is 2.34. The second-order valence-electron chi connectivity index (χ2n) is 5.84. The molecule has 1 aliphatic carbocycles. The van der Waals surface area contributed by atoms with Gasteiger partial charge in [-0.2, -0.15) is 0 Å². The van der Waals surface area contributed by atoms with Gasteiger partial charge >= 0.3 is 0 Å². The fraction of sp³-hybridized carbons (Fsp3) is 0.471. The SMILES string of the molecule is C=C(C)Cn1c(C2CCCCC2)nc2ccccc21. The number of nitrogens with zero attached hydrogens (tertiary/aromatic N) is 2. The number of fused-ring (bicyclic) bond motifs is 1. The van der Waals surface area contributed by atoms with Crippen LogP contribution in [0.5, 0.6) is 0 Å². The van der Waals surface area contributed by atoms with Gasteiger partial charge in [-0.25, -0.2) is 4.98 Å². The van der Waals surface area contributed by atoms with Crippen LogP contribution in [-0.4, -0.2) is 9.55 Å². The summed E-state index contributed by atoms with van der Waals surface area (Å²) in [5.74, 6) is 1.92. The molecule has 1 aliphatic rings. The van der Waals surface area contributed by atoms with Crippen LogP contribution in [0.3, 0.4) is 0 Å². The van der Waals surface area contributed by atoms with Crippen LogP contribution in [0.4, 0.5) is 0 Å². The number of hydrogen-bond acceptors (Lipinski definition) is 1. The van der Waals surface area contributed by atoms with Crippen molar-refractivity contribution in [3.8, 4) is 0 Å². The molecule has 19 heavy (non-hydrogen) atoms. The average molecular weight is 254 g/mol. The maximum atomic E-state index is 4.91. The van der Waals surface area contributed by atoms with Crippen molar-refractivity contribution in [2.75, 3.05) is 0 Å². The van der Waals surface area contributed by atoms with Crippen LogP contribution in [0, 0.1) is 0 Å². The van der Waals surface area contributed by atoms with Crippen molar-refractivity contribution in [1.29, 1.82) is 0 Å². The van der Waals surface area contributed by atoms with Crippen molar-refractivity contribution in [2.45, 2.75) is 51.5 Å². The minimum absolute atomic E-state index is 0.639. The van der Waals surface area contributed by atoms with Gasteiger partial charge in [0.05, 0.1) is 11.0 Å². The lowest BCUT2D eigenvalue weighted by molar-refractivity contribution is 0.419. The molecule has 2 nitrogen and oxygen atoms in total. The van der Waals surface area contributed by atoms with Crippen LogP contribution >= 0.6 is 0 Å². The summed E-state index contributed by atoms with van der Waals surface area (Å²) in [6, 6.07) is 8.48. The normalized spacial score (nSPS) is 16.9. The van der Waals surface area contributed by atoms with Crippen molar-refractivity contribution < 1.29 is 0 Å². The zero-order valence-electron chi connectivity index (χ0n) is 11.7. The number of benzene rings is 1. The van der Waals surface area contributed by atoms with Gasteiger partial charge in [0.1, 0.15) is 5.82 Å². The van der Waals surface area contributed by atoms with E-state index in [0.29, 0.717) is 5.92 Å². The largest absolute Gasteiger partial charge is 0.324 e. The molecular formula is C17H22N2. The molecule has 2 aromatic rings. The van der Waals surface area contributed by atoms with E-state index < -0.39 is 0 Å². The van der Waals surface area contributed by atoms with Crippen LogP contribution in [0.15, 0.2) is 36.4 Å². The van der Waals surface area contributed by atoms with Gasteiger partial charge in [-0.3, -0.25) is 0 Å². The molecule has 1 aromatic carbocycles. The smallest absolute Gasteiger partial charge is 0.113 e. The van der Waals surface area contributed by atoms with Crippen LogP contribution in [0.1, 0.15) is 50.8 Å². The third kappa shape index (κ3) is 2.44. The monoisotopic (exact) mass is 254 g/mol. The van der Waals surface area contributed by atoms with Crippen LogP contribution in [0.25, 0.3) is 11.0 Å². The summed E-state index contributed by atoms with van der Waals surface area (Å²) in [5, 5.41) is 0. The van der Waals surface area contributed by atoms with E-state index >= 15 is 0 Å². The first-order valence-corrected chi connectivity index (χ1v) is 7.35. The summed E-state index contributed by atoms with van der Waals surface area (Å²) in [6.07, 6.45) is 6.66. The predicted octanol–water partition coefficient (Wildman–Crippen LogP) is 4.66. The number of rotatable bonds is 3. The predicted molar refractivity (Wildman–Crippen MR) is 80.4 cm³/mol. The summed E-state index contributed by atoms with van der Waals surface area (Å²) < 4.78 is 2.38. The second kappa shape index (κ2) is 5.20. The molecule has 3 rings (SSSR count). The van der Waals surface area contributed by atoms with Crippen molar-refractivity contribution in [3.05, 3.63) is 42.2 Å². The lowest BCUT2D eigenvalue weighted by Crippen LogP contribution is -2.12. The maximum Gasteiger partial charge on any atom is 0.113 e. The summed E-state index contributed by atoms with van der Waals surface area (Å²) in [5.41, 5.74) is 3.58. The zero-order chi connectivity index (χ0) is 13.2. The minimum Gasteiger partial charge on any atom is -0.324 e. The van der Waals surface area contributed by atoms with Gasteiger partial charge in [0.25, 0.3) is 0 Å². The van der Waals surface area contributed by atoms with Crippen LogP contribution in [-0.2, 0) is 6.54 Å². The number of allylic oxidation sites excluding steroid dienone is 1. The Kier molecular flexibility index (Phi) is 3.41. The van der Waals surface area contributed by atoms with E-state index in [-0.39, 0.29) is 0 Å². The van der Waals surface area contributed by atoms with Gasteiger partial charge < -0.3 is 4.57 Å². The average Bonchev–Trinajstić information content (AvgIpc) is 2.78. The Hall–Kier alpha value is -1.57. The molecule has 1 fully saturated rings. The Labute approximate surface area is 115 Å². The number of hydrogen-bond donors (Lipinski definition) is 0. The fourth-order valence-electron chi connectivity index (χ4n) is 3.20. The summed E-state index contributed by atoms with van der Waals surface area (Å²) in [7, 11) is 0. The van der Waals surface area contributed by atoms with Crippen molar-refractivity contribution in [3.63, 3.8) is 0 Å². The molecule has 100 valence electrons. The summed E-state index contributed by atoms with van der Waals surface area (Å²) >= 11 is 0. The van der Waals surface area contributed by atoms with Gasteiger partial charge in [-0.15, -0.1) is 0 Å². The Morgan fingerprint density at radius 1 is 1.26 bits per heavy atom. The highest BCUT2D eigenvalue weighted by molar-refractivity contribution is 5.76. The second-order valence-corrected chi connectivity index (χ2v) is 5.84. The van der Waals surface area contributed by atoms with Gasteiger partial charge in [-0.1, -0.05) is 43.5 Å². The molecule has 0 radical (unpaired) electrons. The third-order valence-electron chi connectivity index (χ3n) is 4.08. The fourth-order valence-corrected chi connectivity index (χ4v) is 3.20. The van der Waals surface area contributed by atoms with E-state index in [1.54, 1.807) is 0 Å². The molecule has 0 atom stereocenters. The Balaban J connectivity index is 2.07. The Morgan fingerprint density at radius 3 is 2.74 bits per heavy atom. The Bertz CT molecular complexity index is 588.